The Bertz CT molecular complexity index is 320. The Kier molecular flexibility index (Phi) is 5.77. The third-order valence-corrected chi connectivity index (χ3v) is 3.96. The van der Waals surface area contributed by atoms with Crippen molar-refractivity contribution in [1.82, 2.24) is 0 Å². The van der Waals surface area contributed by atoms with Crippen molar-refractivity contribution in [3.05, 3.63) is 21.9 Å². The Morgan fingerprint density at radius 1 is 1.50 bits per heavy atom. The van der Waals surface area contributed by atoms with Gasteiger partial charge in [-0.25, -0.2) is 0 Å². The van der Waals surface area contributed by atoms with E-state index in [1.54, 1.807) is 11.3 Å². The van der Waals surface area contributed by atoms with Crippen molar-refractivity contribution < 1.29 is 0 Å². The quantitative estimate of drug-likeness (QED) is 0.630. The normalized spacial score (nSPS) is 9.57. The van der Waals surface area contributed by atoms with Crippen LogP contribution in [0.4, 0.5) is 0 Å². The fourth-order valence-electron chi connectivity index (χ4n) is 0.978. The maximum absolute atomic E-state index is 5.31. The largest absolute Gasteiger partial charge is 0.320 e. The summed E-state index contributed by atoms with van der Waals surface area (Å²) in [5.74, 6) is 8.27. The van der Waals surface area contributed by atoms with E-state index in [0.29, 0.717) is 6.54 Å². The van der Waals surface area contributed by atoms with Crippen LogP contribution in [0.2, 0.25) is 0 Å². The Labute approximate surface area is 94.1 Å². The molecular formula is C11H15NS2. The van der Waals surface area contributed by atoms with Gasteiger partial charge in [0.15, 0.2) is 0 Å². The van der Waals surface area contributed by atoms with E-state index in [1.807, 2.05) is 11.8 Å². The minimum absolute atomic E-state index is 0.442. The van der Waals surface area contributed by atoms with Crippen molar-refractivity contribution in [2.24, 2.45) is 5.73 Å². The Morgan fingerprint density at radius 2 is 2.36 bits per heavy atom. The summed E-state index contributed by atoms with van der Waals surface area (Å²) < 4.78 is 0. The second-order valence-electron chi connectivity index (χ2n) is 2.82. The fourth-order valence-corrected chi connectivity index (χ4v) is 2.87. The van der Waals surface area contributed by atoms with Crippen molar-refractivity contribution in [2.75, 3.05) is 12.3 Å². The zero-order valence-electron chi connectivity index (χ0n) is 8.38. The number of rotatable bonds is 4. The highest BCUT2D eigenvalue weighted by Crippen LogP contribution is 2.21. The third kappa shape index (κ3) is 4.19. The molecule has 0 saturated carbocycles. The molecule has 0 spiro atoms. The van der Waals surface area contributed by atoms with E-state index in [4.69, 9.17) is 5.73 Å². The molecule has 3 heteroatoms. The summed E-state index contributed by atoms with van der Waals surface area (Å²) in [6, 6.07) is 4.24. The van der Waals surface area contributed by atoms with Gasteiger partial charge in [0.05, 0.1) is 11.4 Å². The Balaban J connectivity index is 2.42. The lowest BCUT2D eigenvalue weighted by Gasteiger charge is -1.94. The molecule has 0 amide bonds. The number of hydrogen-bond donors (Lipinski definition) is 1. The van der Waals surface area contributed by atoms with Gasteiger partial charge in [0.1, 0.15) is 0 Å². The summed E-state index contributed by atoms with van der Waals surface area (Å²) in [5, 5.41) is 0. The summed E-state index contributed by atoms with van der Waals surface area (Å²) >= 11 is 3.75. The van der Waals surface area contributed by atoms with E-state index >= 15 is 0 Å². The van der Waals surface area contributed by atoms with Gasteiger partial charge in [-0.15, -0.1) is 11.3 Å². The first-order valence-corrected chi connectivity index (χ1v) is 6.69. The number of hydrogen-bond acceptors (Lipinski definition) is 3. The molecule has 1 aromatic heterocycles. The second kappa shape index (κ2) is 6.94. The number of thioether (sulfide) groups is 1. The lowest BCUT2D eigenvalue weighted by molar-refractivity contribution is 1.10. The first-order chi connectivity index (χ1) is 6.86. The summed E-state index contributed by atoms with van der Waals surface area (Å²) in [4.78, 5) is 2.53. The minimum atomic E-state index is 0.442. The van der Waals surface area contributed by atoms with Gasteiger partial charge in [0.25, 0.3) is 0 Å². The van der Waals surface area contributed by atoms with E-state index in [2.05, 4.69) is 30.9 Å². The van der Waals surface area contributed by atoms with Crippen molar-refractivity contribution in [1.29, 1.82) is 0 Å². The van der Waals surface area contributed by atoms with Crippen molar-refractivity contribution >= 4 is 23.1 Å². The molecule has 1 rings (SSSR count). The van der Waals surface area contributed by atoms with Gasteiger partial charge in [-0.1, -0.05) is 18.8 Å². The Hall–Kier alpha value is -0.430. The van der Waals surface area contributed by atoms with E-state index < -0.39 is 0 Å². The number of thiophene rings is 1. The topological polar surface area (TPSA) is 26.0 Å². The molecule has 0 fully saturated rings. The molecule has 76 valence electrons. The molecule has 1 heterocycles. The molecule has 0 unspecified atom stereocenters. The zero-order chi connectivity index (χ0) is 10.2. The second-order valence-corrected chi connectivity index (χ2v) is 5.10. The molecule has 0 aliphatic heterocycles. The van der Waals surface area contributed by atoms with Crippen LogP contribution in [0.1, 0.15) is 23.1 Å². The molecule has 0 aromatic carbocycles. The van der Waals surface area contributed by atoms with Crippen LogP contribution in [0, 0.1) is 11.8 Å². The highest BCUT2D eigenvalue weighted by molar-refractivity contribution is 7.98. The van der Waals surface area contributed by atoms with Crippen molar-refractivity contribution in [3.8, 4) is 11.8 Å². The van der Waals surface area contributed by atoms with Gasteiger partial charge in [-0.2, -0.15) is 11.8 Å². The predicted molar refractivity (Wildman–Crippen MR) is 66.7 cm³/mol. The minimum Gasteiger partial charge on any atom is -0.320 e. The van der Waals surface area contributed by atoms with Crippen LogP contribution in [-0.4, -0.2) is 12.3 Å². The first kappa shape index (κ1) is 11.6. The highest BCUT2D eigenvalue weighted by Gasteiger charge is 1.97. The van der Waals surface area contributed by atoms with Crippen molar-refractivity contribution in [3.63, 3.8) is 0 Å². The molecule has 0 bridgehead atoms. The average Bonchev–Trinajstić information content (AvgIpc) is 2.63. The lowest BCUT2D eigenvalue weighted by Crippen LogP contribution is -1.92. The van der Waals surface area contributed by atoms with E-state index in [9.17, 15) is 0 Å². The summed E-state index contributed by atoms with van der Waals surface area (Å²) in [6.45, 7) is 2.65. The molecule has 0 radical (unpaired) electrons. The van der Waals surface area contributed by atoms with Crippen LogP contribution in [-0.2, 0) is 5.75 Å². The van der Waals surface area contributed by atoms with Gasteiger partial charge in [-0.05, 0) is 24.3 Å². The standard InChI is InChI=1S/C11H15NS2/c1-2-8-13-9-11-6-5-10(14-11)4-3-7-12/h5-6H,2,7-9,12H2,1H3. The third-order valence-electron chi connectivity index (χ3n) is 1.57. The summed E-state index contributed by atoms with van der Waals surface area (Å²) in [5.41, 5.74) is 5.31. The van der Waals surface area contributed by atoms with Gasteiger partial charge < -0.3 is 5.73 Å². The van der Waals surface area contributed by atoms with Crippen LogP contribution in [0.15, 0.2) is 12.1 Å². The first-order valence-electron chi connectivity index (χ1n) is 4.72. The molecule has 2 N–H and O–H groups in total. The predicted octanol–water partition coefficient (Wildman–Crippen LogP) is 2.70. The molecule has 0 aliphatic carbocycles. The SMILES string of the molecule is CCCSCc1ccc(C#CCN)s1. The van der Waals surface area contributed by atoms with Crippen LogP contribution in [0.5, 0.6) is 0 Å². The van der Waals surface area contributed by atoms with E-state index in [0.717, 1.165) is 10.6 Å². The van der Waals surface area contributed by atoms with Crippen LogP contribution in [0.25, 0.3) is 0 Å². The van der Waals surface area contributed by atoms with Gasteiger partial charge >= 0.3 is 0 Å². The van der Waals surface area contributed by atoms with Crippen LogP contribution < -0.4 is 5.73 Å². The molecule has 0 atom stereocenters. The van der Waals surface area contributed by atoms with Gasteiger partial charge in [-0.3, -0.25) is 0 Å². The fraction of sp³-hybridized carbons (Fsp3) is 0.455. The van der Waals surface area contributed by atoms with Crippen LogP contribution >= 0.6 is 23.1 Å². The molecule has 0 saturated heterocycles. The molecule has 0 aliphatic rings. The van der Waals surface area contributed by atoms with E-state index in [1.165, 1.54) is 17.1 Å². The van der Waals surface area contributed by atoms with Gasteiger partial charge in [0, 0.05) is 10.6 Å². The van der Waals surface area contributed by atoms with Crippen LogP contribution in [0.3, 0.4) is 0 Å². The summed E-state index contributed by atoms with van der Waals surface area (Å²) in [7, 11) is 0. The maximum Gasteiger partial charge on any atom is 0.0772 e. The lowest BCUT2D eigenvalue weighted by atomic mass is 10.4. The molecular weight excluding hydrogens is 210 g/mol. The smallest absolute Gasteiger partial charge is 0.0772 e. The average molecular weight is 225 g/mol. The van der Waals surface area contributed by atoms with Gasteiger partial charge in [0.2, 0.25) is 0 Å². The molecule has 14 heavy (non-hydrogen) atoms. The molecule has 1 aromatic rings. The monoisotopic (exact) mass is 225 g/mol. The Morgan fingerprint density at radius 3 is 3.07 bits per heavy atom. The molecule has 1 nitrogen and oxygen atoms in total. The van der Waals surface area contributed by atoms with E-state index in [-0.39, 0.29) is 0 Å². The summed E-state index contributed by atoms with van der Waals surface area (Å²) in [6.07, 6.45) is 1.25. The van der Waals surface area contributed by atoms with Crippen molar-refractivity contribution in [2.45, 2.75) is 19.1 Å². The maximum atomic E-state index is 5.31. The highest BCUT2D eigenvalue weighted by atomic mass is 32.2. The zero-order valence-corrected chi connectivity index (χ0v) is 10.0. The number of nitrogens with two attached hydrogens (primary N) is 1.